The summed E-state index contributed by atoms with van der Waals surface area (Å²) >= 11 is 6.95. The molecule has 0 aliphatic carbocycles. The lowest BCUT2D eigenvalue weighted by molar-refractivity contribution is 0.644. The number of thiol groups is 1. The minimum absolute atomic E-state index is 0.523. The van der Waals surface area contributed by atoms with Crippen LogP contribution >= 0.6 is 28.6 Å². The van der Waals surface area contributed by atoms with Crippen molar-refractivity contribution < 1.29 is 0 Å². The number of aromatic nitrogens is 1. The van der Waals surface area contributed by atoms with Gasteiger partial charge in [0.15, 0.2) is 0 Å². The van der Waals surface area contributed by atoms with Crippen LogP contribution in [0.5, 0.6) is 0 Å². The first-order valence-corrected chi connectivity index (χ1v) is 6.33. The molecule has 1 fully saturated rings. The van der Waals surface area contributed by atoms with Gasteiger partial charge in [-0.1, -0.05) is 0 Å². The van der Waals surface area contributed by atoms with E-state index in [1.165, 1.54) is 18.4 Å². The van der Waals surface area contributed by atoms with Crippen LogP contribution in [0.2, 0.25) is 0 Å². The Kier molecular flexibility index (Phi) is 5.52. The standard InChI is InChI=1S/C9H11BrN2.CH4S/c10-8-4-7(5-11-6-8)9-2-1-3-12-9;1-2/h4-6,9,12H,1-3H2;2H,1H3. The molecule has 0 bridgehead atoms. The van der Waals surface area contributed by atoms with Crippen LogP contribution in [-0.4, -0.2) is 17.8 Å². The summed E-state index contributed by atoms with van der Waals surface area (Å²) in [7, 11) is 0. The van der Waals surface area contributed by atoms with Gasteiger partial charge in [-0.25, -0.2) is 0 Å². The van der Waals surface area contributed by atoms with E-state index in [-0.39, 0.29) is 0 Å². The molecule has 1 aliphatic heterocycles. The zero-order chi connectivity index (χ0) is 10.4. The molecule has 0 aromatic carbocycles. The average Bonchev–Trinajstić information content (AvgIpc) is 2.74. The molecular weight excluding hydrogens is 260 g/mol. The Labute approximate surface area is 99.0 Å². The maximum Gasteiger partial charge on any atom is 0.0410 e. The Hall–Kier alpha value is -0.0600. The lowest BCUT2D eigenvalue weighted by atomic mass is 10.1. The number of nitrogens with zero attached hydrogens (tertiary/aromatic N) is 1. The van der Waals surface area contributed by atoms with E-state index in [1.807, 2.05) is 12.4 Å². The van der Waals surface area contributed by atoms with Gasteiger partial charge in [0.25, 0.3) is 0 Å². The summed E-state index contributed by atoms with van der Waals surface area (Å²) < 4.78 is 1.06. The van der Waals surface area contributed by atoms with Crippen LogP contribution in [0.25, 0.3) is 0 Å². The SMILES string of the molecule is Brc1cncc(C2CCCN2)c1.CS. The first-order chi connectivity index (χ1) is 6.86. The molecular formula is C10H15BrN2S. The fourth-order valence-electron chi connectivity index (χ4n) is 1.59. The summed E-state index contributed by atoms with van der Waals surface area (Å²) in [6, 6.07) is 2.66. The first kappa shape index (κ1) is 12.0. The summed E-state index contributed by atoms with van der Waals surface area (Å²) in [6.45, 7) is 1.14. The second-order valence-corrected chi connectivity index (χ2v) is 4.00. The maximum atomic E-state index is 4.14. The monoisotopic (exact) mass is 274 g/mol. The van der Waals surface area contributed by atoms with E-state index in [9.17, 15) is 0 Å². The second kappa shape index (κ2) is 6.43. The first-order valence-electron chi connectivity index (χ1n) is 4.65. The minimum Gasteiger partial charge on any atom is -0.310 e. The highest BCUT2D eigenvalue weighted by Gasteiger charge is 2.15. The van der Waals surface area contributed by atoms with E-state index < -0.39 is 0 Å². The van der Waals surface area contributed by atoms with Gasteiger partial charge in [0.2, 0.25) is 0 Å². The van der Waals surface area contributed by atoms with Gasteiger partial charge in [-0.05, 0) is 53.2 Å². The smallest absolute Gasteiger partial charge is 0.0410 e. The van der Waals surface area contributed by atoms with Crippen molar-refractivity contribution in [2.45, 2.75) is 18.9 Å². The lowest BCUT2D eigenvalue weighted by Crippen LogP contribution is -2.12. The Morgan fingerprint density at radius 2 is 2.29 bits per heavy atom. The Morgan fingerprint density at radius 1 is 1.50 bits per heavy atom. The normalized spacial score (nSPS) is 20.1. The topological polar surface area (TPSA) is 24.9 Å². The zero-order valence-electron chi connectivity index (χ0n) is 8.20. The summed E-state index contributed by atoms with van der Waals surface area (Å²) in [6.07, 6.45) is 7.96. The predicted octanol–water partition coefficient (Wildman–Crippen LogP) is 2.81. The molecule has 1 N–H and O–H groups in total. The van der Waals surface area contributed by atoms with Crippen LogP contribution < -0.4 is 5.32 Å². The van der Waals surface area contributed by atoms with Crippen LogP contribution in [-0.2, 0) is 0 Å². The number of pyridine rings is 1. The quantitative estimate of drug-likeness (QED) is 0.770. The molecule has 0 saturated carbocycles. The van der Waals surface area contributed by atoms with Gasteiger partial charge in [0.05, 0.1) is 0 Å². The zero-order valence-corrected chi connectivity index (χ0v) is 10.7. The maximum absolute atomic E-state index is 4.14. The van der Waals surface area contributed by atoms with Crippen molar-refractivity contribution in [3.05, 3.63) is 28.5 Å². The van der Waals surface area contributed by atoms with Gasteiger partial charge in [-0.15, -0.1) is 0 Å². The van der Waals surface area contributed by atoms with Gasteiger partial charge in [0, 0.05) is 22.9 Å². The highest BCUT2D eigenvalue weighted by atomic mass is 79.9. The number of halogens is 1. The molecule has 1 unspecified atom stereocenters. The molecule has 2 rings (SSSR count). The summed E-state index contributed by atoms with van der Waals surface area (Å²) in [4.78, 5) is 4.14. The fourth-order valence-corrected chi connectivity index (χ4v) is 1.97. The van der Waals surface area contributed by atoms with Crippen LogP contribution in [0.4, 0.5) is 0 Å². The number of rotatable bonds is 1. The molecule has 1 aromatic rings. The fraction of sp³-hybridized carbons (Fsp3) is 0.500. The Balaban J connectivity index is 0.000000461. The van der Waals surface area contributed by atoms with Crippen LogP contribution in [0.15, 0.2) is 22.9 Å². The molecule has 78 valence electrons. The molecule has 4 heteroatoms. The molecule has 1 atom stereocenters. The van der Waals surface area contributed by atoms with Crippen molar-refractivity contribution >= 4 is 28.6 Å². The van der Waals surface area contributed by atoms with E-state index >= 15 is 0 Å². The highest BCUT2D eigenvalue weighted by Crippen LogP contribution is 2.23. The molecule has 2 nitrogen and oxygen atoms in total. The summed E-state index contributed by atoms with van der Waals surface area (Å²) in [5.41, 5.74) is 1.29. The lowest BCUT2D eigenvalue weighted by Gasteiger charge is -2.09. The number of hydrogen-bond acceptors (Lipinski definition) is 3. The third kappa shape index (κ3) is 3.26. The van der Waals surface area contributed by atoms with Crippen molar-refractivity contribution in [3.63, 3.8) is 0 Å². The Bertz CT molecular complexity index is 275. The van der Waals surface area contributed by atoms with Gasteiger partial charge < -0.3 is 5.32 Å². The Morgan fingerprint density at radius 3 is 2.86 bits per heavy atom. The predicted molar refractivity (Wildman–Crippen MR) is 66.8 cm³/mol. The van der Waals surface area contributed by atoms with Gasteiger partial charge in [0.1, 0.15) is 0 Å². The van der Waals surface area contributed by atoms with Crippen molar-refractivity contribution in [1.29, 1.82) is 0 Å². The van der Waals surface area contributed by atoms with E-state index in [2.05, 4.69) is 44.9 Å². The molecule has 0 spiro atoms. The third-order valence-electron chi connectivity index (χ3n) is 2.19. The largest absolute Gasteiger partial charge is 0.310 e. The summed E-state index contributed by atoms with van der Waals surface area (Å²) in [5.74, 6) is 0. The van der Waals surface area contributed by atoms with E-state index in [0.29, 0.717) is 6.04 Å². The van der Waals surface area contributed by atoms with E-state index in [4.69, 9.17) is 0 Å². The third-order valence-corrected chi connectivity index (χ3v) is 2.62. The number of hydrogen-bond donors (Lipinski definition) is 2. The van der Waals surface area contributed by atoms with Crippen molar-refractivity contribution in [3.8, 4) is 0 Å². The van der Waals surface area contributed by atoms with Crippen molar-refractivity contribution in [2.24, 2.45) is 0 Å². The van der Waals surface area contributed by atoms with Crippen molar-refractivity contribution in [2.75, 3.05) is 12.8 Å². The average molecular weight is 275 g/mol. The van der Waals surface area contributed by atoms with Gasteiger partial charge >= 0.3 is 0 Å². The molecule has 1 aliphatic rings. The van der Waals surface area contributed by atoms with Crippen LogP contribution in [0.3, 0.4) is 0 Å². The van der Waals surface area contributed by atoms with E-state index in [0.717, 1.165) is 11.0 Å². The molecule has 1 saturated heterocycles. The molecule has 0 amide bonds. The number of nitrogens with one attached hydrogen (secondary N) is 1. The highest BCUT2D eigenvalue weighted by molar-refractivity contribution is 9.10. The minimum atomic E-state index is 0.523. The van der Waals surface area contributed by atoms with Crippen LogP contribution in [0, 0.1) is 0 Å². The summed E-state index contributed by atoms with van der Waals surface area (Å²) in [5, 5.41) is 3.44. The van der Waals surface area contributed by atoms with Gasteiger partial charge in [-0.3, -0.25) is 4.98 Å². The molecule has 14 heavy (non-hydrogen) atoms. The molecule has 2 heterocycles. The van der Waals surface area contributed by atoms with Crippen LogP contribution in [0.1, 0.15) is 24.4 Å². The van der Waals surface area contributed by atoms with Gasteiger partial charge in [-0.2, -0.15) is 12.6 Å². The molecule has 1 aromatic heterocycles. The molecule has 0 radical (unpaired) electrons. The van der Waals surface area contributed by atoms with Crippen molar-refractivity contribution in [1.82, 2.24) is 10.3 Å². The second-order valence-electron chi connectivity index (χ2n) is 3.09. The van der Waals surface area contributed by atoms with E-state index in [1.54, 1.807) is 6.26 Å².